The second kappa shape index (κ2) is 9.44. The third-order valence-corrected chi connectivity index (χ3v) is 6.49. The Bertz CT molecular complexity index is 1660. The lowest BCUT2D eigenvalue weighted by molar-refractivity contribution is 0.103. The van der Waals surface area contributed by atoms with Crippen molar-refractivity contribution >= 4 is 40.1 Å². The van der Waals surface area contributed by atoms with Gasteiger partial charge in [-0.15, -0.1) is 11.3 Å². The van der Waals surface area contributed by atoms with Gasteiger partial charge < -0.3 is 10.6 Å². The first-order chi connectivity index (χ1) is 17.7. The first-order valence-electron chi connectivity index (χ1n) is 11.3. The van der Waals surface area contributed by atoms with Crippen LogP contribution < -0.4 is 10.6 Å². The van der Waals surface area contributed by atoms with Crippen LogP contribution in [0.15, 0.2) is 109 Å². The van der Waals surface area contributed by atoms with Crippen LogP contribution in [0, 0.1) is 0 Å². The highest BCUT2D eigenvalue weighted by Crippen LogP contribution is 2.35. The number of nitrogens with one attached hydrogen (secondary N) is 2. The summed E-state index contributed by atoms with van der Waals surface area (Å²) in [6, 6.07) is 29.0. The number of pyridine rings is 1. The van der Waals surface area contributed by atoms with Crippen LogP contribution in [-0.4, -0.2) is 25.5 Å². The third kappa shape index (κ3) is 4.33. The molecule has 6 aromatic rings. The zero-order valence-corrected chi connectivity index (χ0v) is 19.8. The van der Waals surface area contributed by atoms with Crippen molar-refractivity contribution in [3.8, 4) is 22.5 Å². The molecule has 4 heterocycles. The fourth-order valence-electron chi connectivity index (χ4n) is 4.01. The summed E-state index contributed by atoms with van der Waals surface area (Å²) < 4.78 is 1.84. The number of thiophene rings is 1. The average Bonchev–Trinajstić information content (AvgIpc) is 3.58. The van der Waals surface area contributed by atoms with E-state index in [4.69, 9.17) is 10.1 Å². The number of aromatic nitrogens is 4. The molecule has 8 heteroatoms. The highest BCUT2D eigenvalue weighted by atomic mass is 32.1. The molecule has 2 aromatic carbocycles. The van der Waals surface area contributed by atoms with Gasteiger partial charge in [-0.25, -0.2) is 14.5 Å². The lowest BCUT2D eigenvalue weighted by atomic mass is 10.0. The number of carbonyl (C=O) groups is 1. The van der Waals surface area contributed by atoms with E-state index in [-0.39, 0.29) is 5.91 Å². The van der Waals surface area contributed by atoms with Crippen molar-refractivity contribution in [1.29, 1.82) is 0 Å². The normalized spacial score (nSPS) is 10.9. The van der Waals surface area contributed by atoms with Crippen LogP contribution >= 0.6 is 11.3 Å². The predicted octanol–water partition coefficient (Wildman–Crippen LogP) is 6.52. The summed E-state index contributed by atoms with van der Waals surface area (Å²) in [5.74, 6) is 0.363. The molecule has 6 rings (SSSR count). The van der Waals surface area contributed by atoms with E-state index in [1.54, 1.807) is 12.3 Å². The summed E-state index contributed by atoms with van der Waals surface area (Å²) in [6.07, 6.45) is 3.65. The van der Waals surface area contributed by atoms with Crippen LogP contribution in [0.3, 0.4) is 0 Å². The summed E-state index contributed by atoms with van der Waals surface area (Å²) in [5, 5.41) is 13.0. The molecule has 7 nitrogen and oxygen atoms in total. The SMILES string of the molecule is O=C(Nc1cccc(-c2nn3ccccc3c2-c2ccnc(Nc3ccccc3)n2)c1)c1cccs1. The van der Waals surface area contributed by atoms with E-state index in [1.165, 1.54) is 11.3 Å². The minimum Gasteiger partial charge on any atom is -0.324 e. The maximum absolute atomic E-state index is 12.6. The highest BCUT2D eigenvalue weighted by molar-refractivity contribution is 7.12. The summed E-state index contributed by atoms with van der Waals surface area (Å²) in [7, 11) is 0. The molecular weight excluding hydrogens is 468 g/mol. The monoisotopic (exact) mass is 488 g/mol. The summed E-state index contributed by atoms with van der Waals surface area (Å²) in [4.78, 5) is 22.5. The van der Waals surface area contributed by atoms with Gasteiger partial charge in [-0.1, -0.05) is 42.5 Å². The van der Waals surface area contributed by atoms with Gasteiger partial charge >= 0.3 is 0 Å². The van der Waals surface area contributed by atoms with E-state index in [9.17, 15) is 4.79 Å². The third-order valence-electron chi connectivity index (χ3n) is 5.62. The molecule has 174 valence electrons. The molecule has 1 amide bonds. The van der Waals surface area contributed by atoms with Crippen molar-refractivity contribution in [2.75, 3.05) is 10.6 Å². The smallest absolute Gasteiger partial charge is 0.265 e. The Hall–Kier alpha value is -4.82. The molecule has 0 fully saturated rings. The number of nitrogens with zero attached hydrogens (tertiary/aromatic N) is 4. The van der Waals surface area contributed by atoms with Crippen LogP contribution in [0.4, 0.5) is 17.3 Å². The fourth-order valence-corrected chi connectivity index (χ4v) is 4.63. The second-order valence-corrected chi connectivity index (χ2v) is 8.97. The molecule has 4 aromatic heterocycles. The van der Waals surface area contributed by atoms with Crippen molar-refractivity contribution < 1.29 is 4.79 Å². The van der Waals surface area contributed by atoms with E-state index < -0.39 is 0 Å². The lowest BCUT2D eigenvalue weighted by Gasteiger charge is -2.09. The van der Waals surface area contributed by atoms with E-state index in [0.29, 0.717) is 16.5 Å². The Morgan fingerprint density at radius 3 is 2.58 bits per heavy atom. The average molecular weight is 489 g/mol. The Labute approximate surface area is 211 Å². The lowest BCUT2D eigenvalue weighted by Crippen LogP contribution is -2.09. The van der Waals surface area contributed by atoms with Gasteiger partial charge in [0.05, 0.1) is 21.7 Å². The van der Waals surface area contributed by atoms with Crippen molar-refractivity contribution in [2.24, 2.45) is 0 Å². The molecule has 0 atom stereocenters. The molecule has 2 N–H and O–H groups in total. The van der Waals surface area contributed by atoms with Gasteiger partial charge in [0.15, 0.2) is 0 Å². The Morgan fingerprint density at radius 1 is 0.861 bits per heavy atom. The van der Waals surface area contributed by atoms with Crippen LogP contribution in [0.1, 0.15) is 9.67 Å². The molecule has 0 spiro atoms. The minimum atomic E-state index is -0.134. The van der Waals surface area contributed by atoms with Crippen LogP contribution in [0.5, 0.6) is 0 Å². The molecule has 0 aliphatic carbocycles. The number of anilines is 3. The Morgan fingerprint density at radius 2 is 1.72 bits per heavy atom. The van der Waals surface area contributed by atoms with Crippen molar-refractivity contribution in [3.63, 3.8) is 0 Å². The first kappa shape index (κ1) is 21.7. The highest BCUT2D eigenvalue weighted by Gasteiger charge is 2.19. The largest absolute Gasteiger partial charge is 0.324 e. The number of para-hydroxylation sites is 1. The van der Waals surface area contributed by atoms with Crippen molar-refractivity contribution in [2.45, 2.75) is 0 Å². The molecule has 0 saturated heterocycles. The van der Waals surface area contributed by atoms with Gasteiger partial charge in [-0.2, -0.15) is 5.10 Å². The van der Waals surface area contributed by atoms with Gasteiger partial charge in [-0.05, 0) is 53.9 Å². The molecule has 0 bridgehead atoms. The summed E-state index contributed by atoms with van der Waals surface area (Å²) in [5.41, 5.74) is 5.78. The van der Waals surface area contributed by atoms with E-state index in [0.717, 1.165) is 33.7 Å². The maximum Gasteiger partial charge on any atom is 0.265 e. The van der Waals surface area contributed by atoms with Crippen LogP contribution in [-0.2, 0) is 0 Å². The number of hydrogen-bond acceptors (Lipinski definition) is 6. The molecule has 36 heavy (non-hydrogen) atoms. The predicted molar refractivity (Wildman–Crippen MR) is 144 cm³/mol. The summed E-state index contributed by atoms with van der Waals surface area (Å²) in [6.45, 7) is 0. The number of benzene rings is 2. The minimum absolute atomic E-state index is 0.134. The molecule has 0 aliphatic heterocycles. The summed E-state index contributed by atoms with van der Waals surface area (Å²) >= 11 is 1.41. The number of carbonyl (C=O) groups excluding carboxylic acids is 1. The molecule has 0 unspecified atom stereocenters. The van der Waals surface area contributed by atoms with Gasteiger partial charge in [0.25, 0.3) is 5.91 Å². The topological polar surface area (TPSA) is 84.2 Å². The van der Waals surface area contributed by atoms with E-state index in [1.807, 2.05) is 101 Å². The molecule has 0 aliphatic rings. The number of amides is 1. The molecule has 0 saturated carbocycles. The quantitative estimate of drug-likeness (QED) is 0.279. The first-order valence-corrected chi connectivity index (χ1v) is 12.2. The van der Waals surface area contributed by atoms with Crippen molar-refractivity contribution in [1.82, 2.24) is 19.6 Å². The molecular formula is C28H20N6OS. The Kier molecular flexibility index (Phi) is 5.69. The van der Waals surface area contributed by atoms with Crippen LogP contribution in [0.25, 0.3) is 28.0 Å². The fraction of sp³-hybridized carbons (Fsp3) is 0. The van der Waals surface area contributed by atoms with Gasteiger partial charge in [0.1, 0.15) is 5.69 Å². The number of rotatable bonds is 6. The van der Waals surface area contributed by atoms with Crippen molar-refractivity contribution in [3.05, 3.63) is 114 Å². The molecule has 0 radical (unpaired) electrons. The number of fused-ring (bicyclic) bond motifs is 1. The van der Waals surface area contributed by atoms with E-state index >= 15 is 0 Å². The van der Waals surface area contributed by atoms with Crippen LogP contribution in [0.2, 0.25) is 0 Å². The Balaban J connectivity index is 1.41. The maximum atomic E-state index is 12.6. The zero-order valence-electron chi connectivity index (χ0n) is 19.0. The second-order valence-electron chi connectivity index (χ2n) is 8.02. The van der Waals surface area contributed by atoms with Gasteiger partial charge in [0, 0.05) is 29.3 Å². The van der Waals surface area contributed by atoms with Gasteiger partial charge in [0.2, 0.25) is 5.95 Å². The van der Waals surface area contributed by atoms with Gasteiger partial charge in [-0.3, -0.25) is 4.79 Å². The zero-order chi connectivity index (χ0) is 24.3. The standard InChI is InChI=1S/C28H20N6OS/c35-27(24-13-7-17-36-24)30-21-11-6-8-19(18-21)26-25(23-12-4-5-16-34(23)33-26)22-14-15-29-28(32-22)31-20-9-2-1-3-10-20/h1-18H,(H,30,35)(H,29,31,32). The number of hydrogen-bond donors (Lipinski definition) is 2. The van der Waals surface area contributed by atoms with E-state index in [2.05, 4.69) is 15.6 Å².